The Morgan fingerprint density at radius 1 is 1.00 bits per heavy atom. The highest BCUT2D eigenvalue weighted by Crippen LogP contribution is 2.29. The number of ketones is 1. The first kappa shape index (κ1) is 18.8. The van der Waals surface area contributed by atoms with Crippen LogP contribution < -0.4 is 0 Å². The fourth-order valence-electron chi connectivity index (χ4n) is 2.60. The number of benzene rings is 2. The molecule has 2 rings (SSSR count). The molecular formula is C21H19F3O. The minimum absolute atomic E-state index is 0.0765. The summed E-state index contributed by atoms with van der Waals surface area (Å²) in [6, 6.07) is 17.5. The number of rotatable bonds is 5. The van der Waals surface area contributed by atoms with Gasteiger partial charge in [0.05, 0.1) is 6.42 Å². The molecule has 25 heavy (non-hydrogen) atoms. The summed E-state index contributed by atoms with van der Waals surface area (Å²) in [4.78, 5) is 12.4. The Bertz CT molecular complexity index is 739. The van der Waals surface area contributed by atoms with E-state index in [4.69, 9.17) is 0 Å². The third-order valence-electron chi connectivity index (χ3n) is 3.82. The number of hydrogen-bond acceptors (Lipinski definition) is 1. The molecule has 2 atom stereocenters. The van der Waals surface area contributed by atoms with Gasteiger partial charge < -0.3 is 0 Å². The Kier molecular flexibility index (Phi) is 6.41. The van der Waals surface area contributed by atoms with Crippen LogP contribution in [0.5, 0.6) is 0 Å². The van der Waals surface area contributed by atoms with Crippen molar-refractivity contribution in [2.24, 2.45) is 11.8 Å². The molecule has 0 aliphatic rings. The van der Waals surface area contributed by atoms with Crippen molar-refractivity contribution in [3.05, 3.63) is 71.8 Å². The molecule has 0 spiro atoms. The van der Waals surface area contributed by atoms with Crippen LogP contribution in [0.25, 0.3) is 0 Å². The largest absolute Gasteiger partial charge is 0.390 e. The van der Waals surface area contributed by atoms with E-state index in [1.807, 2.05) is 6.07 Å². The van der Waals surface area contributed by atoms with Crippen molar-refractivity contribution in [2.75, 3.05) is 0 Å². The fourth-order valence-corrected chi connectivity index (χ4v) is 2.60. The van der Waals surface area contributed by atoms with Gasteiger partial charge in [0.1, 0.15) is 0 Å². The maximum Gasteiger partial charge on any atom is 0.390 e. The average Bonchev–Trinajstić information content (AvgIpc) is 2.59. The van der Waals surface area contributed by atoms with Gasteiger partial charge in [-0.2, -0.15) is 13.2 Å². The second kappa shape index (κ2) is 8.53. The molecule has 0 bridgehead atoms. The molecule has 0 aliphatic carbocycles. The van der Waals surface area contributed by atoms with Crippen LogP contribution in [-0.2, 0) is 0 Å². The fraction of sp³-hybridized carbons (Fsp3) is 0.286. The molecule has 0 radical (unpaired) electrons. The highest BCUT2D eigenvalue weighted by atomic mass is 19.4. The van der Waals surface area contributed by atoms with E-state index < -0.39 is 24.4 Å². The number of carbonyl (C=O) groups excluding carboxylic acids is 1. The third kappa shape index (κ3) is 6.46. The molecule has 0 amide bonds. The van der Waals surface area contributed by atoms with Crippen LogP contribution in [0.4, 0.5) is 13.2 Å². The van der Waals surface area contributed by atoms with Gasteiger partial charge in [0.25, 0.3) is 0 Å². The predicted molar refractivity (Wildman–Crippen MR) is 92.0 cm³/mol. The van der Waals surface area contributed by atoms with Crippen molar-refractivity contribution < 1.29 is 18.0 Å². The molecule has 0 aliphatic heterocycles. The first-order chi connectivity index (χ1) is 11.8. The Morgan fingerprint density at radius 2 is 1.56 bits per heavy atom. The zero-order valence-electron chi connectivity index (χ0n) is 13.9. The van der Waals surface area contributed by atoms with Crippen molar-refractivity contribution >= 4 is 5.78 Å². The average molecular weight is 344 g/mol. The lowest BCUT2D eigenvalue weighted by molar-refractivity contribution is -0.141. The topological polar surface area (TPSA) is 17.1 Å². The van der Waals surface area contributed by atoms with Gasteiger partial charge in [0, 0.05) is 23.0 Å². The zero-order valence-corrected chi connectivity index (χ0v) is 13.9. The third-order valence-corrected chi connectivity index (χ3v) is 3.82. The van der Waals surface area contributed by atoms with E-state index in [1.54, 1.807) is 61.5 Å². The molecule has 0 N–H and O–H groups in total. The Labute approximate surface area is 145 Å². The molecule has 0 fully saturated rings. The van der Waals surface area contributed by atoms with Crippen molar-refractivity contribution in [1.29, 1.82) is 0 Å². The van der Waals surface area contributed by atoms with Crippen LogP contribution in [0.1, 0.15) is 35.7 Å². The van der Waals surface area contributed by atoms with Crippen molar-refractivity contribution in [3.8, 4) is 11.8 Å². The van der Waals surface area contributed by atoms with E-state index in [0.717, 1.165) is 0 Å². The summed E-state index contributed by atoms with van der Waals surface area (Å²) in [6.45, 7) is 1.66. The lowest BCUT2D eigenvalue weighted by atomic mass is 9.88. The van der Waals surface area contributed by atoms with E-state index >= 15 is 0 Å². The van der Waals surface area contributed by atoms with E-state index in [0.29, 0.717) is 11.1 Å². The first-order valence-corrected chi connectivity index (χ1v) is 8.08. The first-order valence-electron chi connectivity index (χ1n) is 8.08. The molecule has 2 aromatic rings. The van der Waals surface area contributed by atoms with Crippen LogP contribution in [0.3, 0.4) is 0 Å². The molecule has 0 heterocycles. The summed E-state index contributed by atoms with van der Waals surface area (Å²) >= 11 is 0. The summed E-state index contributed by atoms with van der Waals surface area (Å²) in [5, 5.41) is 0. The SMILES string of the molecule is CC(CC(C#Cc1ccccc1)CC(F)(F)F)C(=O)c1ccccc1. The minimum Gasteiger partial charge on any atom is -0.294 e. The lowest BCUT2D eigenvalue weighted by Gasteiger charge is -2.17. The highest BCUT2D eigenvalue weighted by Gasteiger charge is 2.32. The molecule has 2 aromatic carbocycles. The molecule has 2 unspecified atom stereocenters. The van der Waals surface area contributed by atoms with Crippen LogP contribution >= 0.6 is 0 Å². The summed E-state index contributed by atoms with van der Waals surface area (Å²) in [7, 11) is 0. The number of alkyl halides is 3. The smallest absolute Gasteiger partial charge is 0.294 e. The number of halogens is 3. The van der Waals surface area contributed by atoms with Crippen LogP contribution in [0, 0.1) is 23.7 Å². The Balaban J connectivity index is 2.13. The van der Waals surface area contributed by atoms with E-state index in [1.165, 1.54) is 0 Å². The molecule has 0 aromatic heterocycles. The minimum atomic E-state index is -4.31. The second-order valence-electron chi connectivity index (χ2n) is 6.02. The van der Waals surface area contributed by atoms with Crippen molar-refractivity contribution in [1.82, 2.24) is 0 Å². The van der Waals surface area contributed by atoms with Crippen LogP contribution in [-0.4, -0.2) is 12.0 Å². The molecule has 0 saturated carbocycles. The standard InChI is InChI=1S/C21H19F3O/c1-16(20(25)19-10-6-3-7-11-19)14-18(15-21(22,23)24)13-12-17-8-4-2-5-9-17/h2-11,16,18H,14-15H2,1H3. The van der Waals surface area contributed by atoms with Crippen molar-refractivity contribution in [3.63, 3.8) is 0 Å². The molecule has 130 valence electrons. The van der Waals surface area contributed by atoms with Crippen molar-refractivity contribution in [2.45, 2.75) is 25.9 Å². The maximum atomic E-state index is 12.9. The Hall–Kier alpha value is -2.54. The second-order valence-corrected chi connectivity index (χ2v) is 6.02. The van der Waals surface area contributed by atoms with Crippen LogP contribution in [0.15, 0.2) is 60.7 Å². The zero-order chi connectivity index (χ0) is 18.3. The predicted octanol–water partition coefficient (Wildman–Crippen LogP) is 5.52. The highest BCUT2D eigenvalue weighted by molar-refractivity contribution is 5.97. The number of hydrogen-bond donors (Lipinski definition) is 0. The summed E-state index contributed by atoms with van der Waals surface area (Å²) in [6.07, 6.45) is -5.25. The van der Waals surface area contributed by atoms with E-state index in [2.05, 4.69) is 11.8 Å². The van der Waals surface area contributed by atoms with Gasteiger partial charge >= 0.3 is 6.18 Å². The van der Waals surface area contributed by atoms with E-state index in [9.17, 15) is 18.0 Å². The van der Waals surface area contributed by atoms with Gasteiger partial charge in [0.2, 0.25) is 0 Å². The number of Topliss-reactive ketones (excluding diaryl/α,β-unsaturated/α-hetero) is 1. The monoisotopic (exact) mass is 344 g/mol. The van der Waals surface area contributed by atoms with Gasteiger partial charge in [-0.1, -0.05) is 67.3 Å². The molecule has 4 heteroatoms. The normalized spacial score (nSPS) is 13.4. The van der Waals surface area contributed by atoms with Gasteiger partial charge in [0.15, 0.2) is 5.78 Å². The molecule has 0 saturated heterocycles. The van der Waals surface area contributed by atoms with Gasteiger partial charge in [-0.15, -0.1) is 0 Å². The lowest BCUT2D eigenvalue weighted by Crippen LogP contribution is -2.20. The maximum absolute atomic E-state index is 12.9. The number of carbonyl (C=O) groups is 1. The van der Waals surface area contributed by atoms with Crippen LogP contribution in [0.2, 0.25) is 0 Å². The van der Waals surface area contributed by atoms with E-state index in [-0.39, 0.29) is 12.2 Å². The quantitative estimate of drug-likeness (QED) is 0.516. The van der Waals surface area contributed by atoms with Gasteiger partial charge in [-0.05, 0) is 18.6 Å². The molecular weight excluding hydrogens is 325 g/mol. The summed E-state index contributed by atoms with van der Waals surface area (Å²) < 4.78 is 38.6. The van der Waals surface area contributed by atoms with Gasteiger partial charge in [-0.3, -0.25) is 4.79 Å². The van der Waals surface area contributed by atoms with Gasteiger partial charge in [-0.25, -0.2) is 0 Å². The summed E-state index contributed by atoms with van der Waals surface area (Å²) in [5.74, 6) is 3.90. The molecule has 1 nitrogen and oxygen atoms in total. The Morgan fingerprint density at radius 3 is 2.12 bits per heavy atom. The summed E-state index contributed by atoms with van der Waals surface area (Å²) in [5.41, 5.74) is 1.17.